The van der Waals surface area contributed by atoms with Crippen LogP contribution in [0.15, 0.2) is 35.4 Å². The number of rotatable bonds is 3. The van der Waals surface area contributed by atoms with E-state index in [1.54, 1.807) is 6.07 Å². The third-order valence-electron chi connectivity index (χ3n) is 6.79. The Bertz CT molecular complexity index is 1050. The molecule has 0 saturated heterocycles. The zero-order valence-corrected chi connectivity index (χ0v) is 16.6. The molecule has 29 heavy (non-hydrogen) atoms. The third-order valence-corrected chi connectivity index (χ3v) is 6.79. The van der Waals surface area contributed by atoms with Gasteiger partial charge in [0.1, 0.15) is 5.69 Å². The Kier molecular flexibility index (Phi) is 4.43. The van der Waals surface area contributed by atoms with Gasteiger partial charge >= 0.3 is 0 Å². The summed E-state index contributed by atoms with van der Waals surface area (Å²) in [5.41, 5.74) is 6.27. The van der Waals surface area contributed by atoms with Gasteiger partial charge in [-0.15, -0.1) is 0 Å². The zero-order valence-electron chi connectivity index (χ0n) is 16.6. The smallest absolute Gasteiger partial charge is 0.253 e. The normalized spacial score (nSPS) is 23.3. The molecule has 1 aromatic carbocycles. The van der Waals surface area contributed by atoms with E-state index in [0.29, 0.717) is 29.1 Å². The first-order valence-electron chi connectivity index (χ1n) is 10.5. The third kappa shape index (κ3) is 2.95. The van der Waals surface area contributed by atoms with Crippen LogP contribution in [0.2, 0.25) is 0 Å². The van der Waals surface area contributed by atoms with Gasteiger partial charge in [-0.1, -0.05) is 12.8 Å². The van der Waals surface area contributed by atoms with Crippen molar-refractivity contribution < 1.29 is 4.79 Å². The second-order valence-electron chi connectivity index (χ2n) is 8.41. The van der Waals surface area contributed by atoms with Gasteiger partial charge in [0.2, 0.25) is 0 Å². The molecule has 2 aromatic rings. The van der Waals surface area contributed by atoms with Crippen molar-refractivity contribution in [1.82, 2.24) is 4.98 Å². The lowest BCUT2D eigenvalue weighted by Gasteiger charge is -2.34. The standard InChI is InChI=1S/C24H23N4O/c1-15-12-19(8-6-17(15)13-25)28-24(16-4-2-3-5-16)21-10-11-22-20(23(21)27-28)9-7-18(14-29)26-22/h6-9,12,16,21,24H,2-5,10-11H2,1H3. The molecule has 1 saturated carbocycles. The van der Waals surface area contributed by atoms with Crippen LogP contribution in [-0.4, -0.2) is 23.0 Å². The minimum Gasteiger partial charge on any atom is -0.283 e. The van der Waals surface area contributed by atoms with Gasteiger partial charge in [-0.25, -0.2) is 4.98 Å². The molecule has 5 rings (SSSR count). The highest BCUT2D eigenvalue weighted by Gasteiger charge is 2.45. The number of hydrogen-bond acceptors (Lipinski definition) is 5. The van der Waals surface area contributed by atoms with Crippen molar-refractivity contribution in [2.24, 2.45) is 16.9 Å². The average molecular weight is 383 g/mol. The molecule has 5 heteroatoms. The molecule has 1 fully saturated rings. The van der Waals surface area contributed by atoms with Crippen molar-refractivity contribution in [1.29, 1.82) is 5.26 Å². The molecule has 0 amide bonds. The second kappa shape index (κ2) is 7.11. The Hall–Kier alpha value is -3.00. The quantitative estimate of drug-likeness (QED) is 0.801. The number of hydrogen-bond donors (Lipinski definition) is 0. The molecule has 0 N–H and O–H groups in total. The van der Waals surface area contributed by atoms with Crippen LogP contribution in [-0.2, 0) is 11.2 Å². The lowest BCUT2D eigenvalue weighted by atomic mass is 9.76. The van der Waals surface area contributed by atoms with E-state index in [4.69, 9.17) is 5.10 Å². The number of aryl methyl sites for hydroxylation is 2. The highest BCUT2D eigenvalue weighted by Crippen LogP contribution is 2.44. The SMILES string of the molecule is Cc1cc(N2N=C3c4ccc([C]=O)nc4CCC3C2C2CCCC2)ccc1C#N. The number of anilines is 1. The predicted molar refractivity (Wildman–Crippen MR) is 111 cm³/mol. The summed E-state index contributed by atoms with van der Waals surface area (Å²) in [6.07, 6.45) is 8.87. The number of aromatic nitrogens is 1. The zero-order chi connectivity index (χ0) is 20.0. The topological polar surface area (TPSA) is 69.3 Å². The minimum atomic E-state index is 0.352. The molecule has 1 aromatic heterocycles. The molecule has 145 valence electrons. The van der Waals surface area contributed by atoms with Gasteiger partial charge in [0.25, 0.3) is 6.29 Å². The molecule has 2 unspecified atom stereocenters. The molecular formula is C24H23N4O. The van der Waals surface area contributed by atoms with Gasteiger partial charge in [-0.2, -0.15) is 10.4 Å². The van der Waals surface area contributed by atoms with Crippen LogP contribution in [0.4, 0.5) is 5.69 Å². The first-order valence-corrected chi connectivity index (χ1v) is 10.5. The van der Waals surface area contributed by atoms with Gasteiger partial charge in [0.05, 0.1) is 34.8 Å². The van der Waals surface area contributed by atoms with E-state index in [9.17, 15) is 10.1 Å². The monoisotopic (exact) mass is 383 g/mol. The number of nitrogens with zero attached hydrogens (tertiary/aromatic N) is 4. The van der Waals surface area contributed by atoms with Gasteiger partial charge < -0.3 is 0 Å². The van der Waals surface area contributed by atoms with Gasteiger partial charge in [-0.05, 0) is 74.4 Å². The maximum atomic E-state index is 11.0. The number of benzene rings is 1. The van der Waals surface area contributed by atoms with E-state index in [1.165, 1.54) is 25.7 Å². The molecule has 1 radical (unpaired) electrons. The Balaban J connectivity index is 1.60. The number of carbonyl (C=O) groups excluding carboxylic acids is 1. The first-order chi connectivity index (χ1) is 14.2. The van der Waals surface area contributed by atoms with Crippen LogP contribution in [0.3, 0.4) is 0 Å². The van der Waals surface area contributed by atoms with Crippen LogP contribution in [0.5, 0.6) is 0 Å². The summed E-state index contributed by atoms with van der Waals surface area (Å²) in [4.78, 5) is 15.5. The van der Waals surface area contributed by atoms with Crippen molar-refractivity contribution in [3.63, 3.8) is 0 Å². The highest BCUT2D eigenvalue weighted by atomic mass is 16.1. The molecule has 3 aliphatic rings. The molecule has 0 spiro atoms. The summed E-state index contributed by atoms with van der Waals surface area (Å²) in [7, 11) is 0. The first kappa shape index (κ1) is 18.1. The Labute approximate surface area is 171 Å². The molecule has 2 atom stereocenters. The van der Waals surface area contributed by atoms with E-state index >= 15 is 0 Å². The van der Waals surface area contributed by atoms with Crippen LogP contribution in [0.25, 0.3) is 0 Å². The fourth-order valence-electron chi connectivity index (χ4n) is 5.40. The highest BCUT2D eigenvalue weighted by molar-refractivity contribution is 6.06. The number of hydrazone groups is 1. The summed E-state index contributed by atoms with van der Waals surface area (Å²) in [5, 5.41) is 16.6. The van der Waals surface area contributed by atoms with E-state index in [-0.39, 0.29) is 0 Å². The van der Waals surface area contributed by atoms with Crippen molar-refractivity contribution in [2.75, 3.05) is 5.01 Å². The summed E-state index contributed by atoms with van der Waals surface area (Å²) in [6.45, 7) is 1.99. The lowest BCUT2D eigenvalue weighted by Crippen LogP contribution is -2.40. The fourth-order valence-corrected chi connectivity index (χ4v) is 5.40. The van der Waals surface area contributed by atoms with Crippen molar-refractivity contribution in [3.8, 4) is 6.07 Å². The van der Waals surface area contributed by atoms with Gasteiger partial charge in [0, 0.05) is 11.5 Å². The largest absolute Gasteiger partial charge is 0.283 e. The Morgan fingerprint density at radius 2 is 1.97 bits per heavy atom. The minimum absolute atomic E-state index is 0.352. The van der Waals surface area contributed by atoms with Crippen molar-refractivity contribution >= 4 is 17.7 Å². The maximum absolute atomic E-state index is 11.0. The van der Waals surface area contributed by atoms with Crippen molar-refractivity contribution in [3.05, 3.63) is 58.4 Å². The second-order valence-corrected chi connectivity index (χ2v) is 8.41. The molecular weight excluding hydrogens is 360 g/mol. The summed E-state index contributed by atoms with van der Waals surface area (Å²) in [5.74, 6) is 1.02. The van der Waals surface area contributed by atoms with E-state index in [0.717, 1.165) is 41.1 Å². The molecule has 2 heterocycles. The van der Waals surface area contributed by atoms with Gasteiger partial charge in [0.15, 0.2) is 0 Å². The van der Waals surface area contributed by atoms with Crippen molar-refractivity contribution in [2.45, 2.75) is 51.5 Å². The van der Waals surface area contributed by atoms with Crippen LogP contribution in [0, 0.1) is 30.1 Å². The summed E-state index contributed by atoms with van der Waals surface area (Å²) in [6, 6.07) is 12.4. The van der Waals surface area contributed by atoms with Crippen LogP contribution < -0.4 is 5.01 Å². The Morgan fingerprint density at radius 1 is 1.14 bits per heavy atom. The number of nitriles is 1. The van der Waals surface area contributed by atoms with Gasteiger partial charge in [-0.3, -0.25) is 9.80 Å². The average Bonchev–Trinajstić information content (AvgIpc) is 3.40. The van der Waals surface area contributed by atoms with E-state index in [1.807, 2.05) is 31.4 Å². The molecule has 5 nitrogen and oxygen atoms in total. The number of fused-ring (bicyclic) bond motifs is 3. The molecule has 0 bridgehead atoms. The maximum Gasteiger partial charge on any atom is 0.253 e. The molecule has 2 aliphatic carbocycles. The predicted octanol–water partition coefficient (Wildman–Crippen LogP) is 4.07. The fraction of sp³-hybridized carbons (Fsp3) is 0.417. The lowest BCUT2D eigenvalue weighted by molar-refractivity contribution is 0.353. The number of pyridine rings is 1. The summed E-state index contributed by atoms with van der Waals surface area (Å²) < 4.78 is 0. The molecule has 1 aliphatic heterocycles. The van der Waals surface area contributed by atoms with E-state index in [2.05, 4.69) is 22.1 Å². The summed E-state index contributed by atoms with van der Waals surface area (Å²) >= 11 is 0. The van der Waals surface area contributed by atoms with E-state index < -0.39 is 0 Å². The van der Waals surface area contributed by atoms with Crippen LogP contribution >= 0.6 is 0 Å². The van der Waals surface area contributed by atoms with Crippen LogP contribution in [0.1, 0.15) is 60.2 Å². The Morgan fingerprint density at radius 3 is 2.69 bits per heavy atom.